The zero-order chi connectivity index (χ0) is 70.3. The summed E-state index contributed by atoms with van der Waals surface area (Å²) >= 11 is 0. The number of hydrogen-bond acceptors (Lipinski definition) is 15. The zero-order valence-corrected chi connectivity index (χ0v) is 64.1. The number of esters is 4. The number of phosphoric ester groups is 2. The number of hydrogen-bond donors (Lipinski definition) is 3. The Morgan fingerprint density at radius 3 is 0.747 bits per heavy atom. The average Bonchev–Trinajstić information content (AvgIpc) is 1.71. The Balaban J connectivity index is 5.18. The van der Waals surface area contributed by atoms with E-state index in [9.17, 15) is 43.2 Å². The first-order chi connectivity index (χ1) is 45.7. The minimum atomic E-state index is -4.96. The molecule has 0 saturated heterocycles. The van der Waals surface area contributed by atoms with E-state index in [4.69, 9.17) is 37.0 Å². The number of ether oxygens (including phenoxy) is 4. The summed E-state index contributed by atoms with van der Waals surface area (Å²) in [7, 11) is -9.91. The van der Waals surface area contributed by atoms with Gasteiger partial charge in [0.25, 0.3) is 0 Å². The van der Waals surface area contributed by atoms with Crippen molar-refractivity contribution in [1.82, 2.24) is 0 Å². The highest BCUT2D eigenvalue weighted by molar-refractivity contribution is 7.47. The summed E-state index contributed by atoms with van der Waals surface area (Å²) in [6, 6.07) is 0. The topological polar surface area (TPSA) is 237 Å². The Hall–Kier alpha value is -1.94. The highest BCUT2D eigenvalue weighted by Crippen LogP contribution is 2.45. The first-order valence-electron chi connectivity index (χ1n) is 39.3. The molecule has 0 aromatic carbocycles. The van der Waals surface area contributed by atoms with E-state index < -0.39 is 97.5 Å². The lowest BCUT2D eigenvalue weighted by Crippen LogP contribution is -2.30. The normalized spacial score (nSPS) is 14.7. The largest absolute Gasteiger partial charge is 0.472 e. The van der Waals surface area contributed by atoms with Crippen molar-refractivity contribution in [2.24, 2.45) is 23.7 Å². The molecule has 0 fully saturated rings. The molecule has 7 atom stereocenters. The average molecular weight is 1400 g/mol. The highest BCUT2D eigenvalue weighted by atomic mass is 31.2. The van der Waals surface area contributed by atoms with E-state index in [1.54, 1.807) is 0 Å². The second kappa shape index (κ2) is 65.4. The van der Waals surface area contributed by atoms with Gasteiger partial charge in [-0.05, 0) is 49.4 Å². The van der Waals surface area contributed by atoms with Crippen LogP contribution in [-0.2, 0) is 65.4 Å². The number of aliphatic hydroxyl groups is 1. The minimum Gasteiger partial charge on any atom is -0.462 e. The van der Waals surface area contributed by atoms with Crippen LogP contribution >= 0.6 is 15.6 Å². The van der Waals surface area contributed by atoms with E-state index >= 15 is 0 Å². The van der Waals surface area contributed by atoms with E-state index in [0.29, 0.717) is 31.6 Å². The third-order valence-electron chi connectivity index (χ3n) is 18.3. The van der Waals surface area contributed by atoms with Crippen LogP contribution in [0.3, 0.4) is 0 Å². The Labute approximate surface area is 581 Å². The maximum atomic E-state index is 13.1. The summed E-state index contributed by atoms with van der Waals surface area (Å²) in [5.41, 5.74) is 0. The molecule has 95 heavy (non-hydrogen) atoms. The molecule has 0 radical (unpaired) electrons. The van der Waals surface area contributed by atoms with Crippen LogP contribution in [0.5, 0.6) is 0 Å². The van der Waals surface area contributed by atoms with Crippen molar-refractivity contribution in [3.8, 4) is 0 Å². The molecule has 0 aromatic heterocycles. The number of rotatable bonds is 73. The summed E-state index contributed by atoms with van der Waals surface area (Å²) in [4.78, 5) is 72.7. The van der Waals surface area contributed by atoms with E-state index in [-0.39, 0.29) is 25.7 Å². The minimum absolute atomic E-state index is 0.104. The maximum Gasteiger partial charge on any atom is 0.472 e. The predicted octanol–water partition coefficient (Wildman–Crippen LogP) is 22.0. The molecular formula is C76H148O17P2. The van der Waals surface area contributed by atoms with Crippen LogP contribution in [0.4, 0.5) is 0 Å². The van der Waals surface area contributed by atoms with Crippen LogP contribution in [0.1, 0.15) is 383 Å². The molecule has 0 bridgehead atoms. The van der Waals surface area contributed by atoms with Crippen molar-refractivity contribution in [3.05, 3.63) is 0 Å². The second-order valence-corrected chi connectivity index (χ2v) is 31.7. The SMILES string of the molecule is CCC(C)CCCCCCCCCCCCCCCCCCCCC(=O)O[C@H](COC(=O)CCCCCCCCCCC(C)CC)COP(=O)(O)OC[C@@H](O)COP(=O)(O)OC[C@@H](COC(=O)CCCCCCCCC(C)C)OC(=O)CCCCCCCCCCCC(C)C. The lowest BCUT2D eigenvalue weighted by atomic mass is 9.99. The third-order valence-corrected chi connectivity index (χ3v) is 20.2. The van der Waals surface area contributed by atoms with Gasteiger partial charge in [0.2, 0.25) is 0 Å². The Bertz CT molecular complexity index is 1870. The Morgan fingerprint density at radius 1 is 0.295 bits per heavy atom. The number of carbonyl (C=O) groups excluding carboxylic acids is 4. The van der Waals surface area contributed by atoms with Gasteiger partial charge in [0.1, 0.15) is 19.3 Å². The molecule has 0 rings (SSSR count). The van der Waals surface area contributed by atoms with Crippen molar-refractivity contribution < 1.29 is 80.2 Å². The van der Waals surface area contributed by atoms with Crippen LogP contribution in [0.25, 0.3) is 0 Å². The monoisotopic (exact) mass is 1400 g/mol. The third kappa shape index (κ3) is 67.6. The fraction of sp³-hybridized carbons (Fsp3) is 0.947. The summed E-state index contributed by atoms with van der Waals surface area (Å²) in [5.74, 6) is 0.939. The van der Waals surface area contributed by atoms with Gasteiger partial charge in [0.15, 0.2) is 12.2 Å². The lowest BCUT2D eigenvalue weighted by Gasteiger charge is -2.21. The number of unbranched alkanes of at least 4 members (excludes halogenated alkanes) is 37. The molecule has 0 heterocycles. The Morgan fingerprint density at radius 2 is 0.505 bits per heavy atom. The number of phosphoric acid groups is 2. The smallest absolute Gasteiger partial charge is 0.462 e. The molecule has 0 aliphatic rings. The second-order valence-electron chi connectivity index (χ2n) is 28.8. The first kappa shape index (κ1) is 93.1. The van der Waals surface area contributed by atoms with Gasteiger partial charge in [-0.2, -0.15) is 0 Å². The molecule has 4 unspecified atom stereocenters. The van der Waals surface area contributed by atoms with Crippen LogP contribution in [0.2, 0.25) is 0 Å². The number of carbonyl (C=O) groups is 4. The van der Waals surface area contributed by atoms with Gasteiger partial charge < -0.3 is 33.8 Å². The molecular weight excluding hydrogens is 1250 g/mol. The summed E-state index contributed by atoms with van der Waals surface area (Å²) < 4.78 is 68.4. The van der Waals surface area contributed by atoms with E-state index in [0.717, 1.165) is 114 Å². The summed E-state index contributed by atoms with van der Waals surface area (Å²) in [6.45, 7) is 14.2. The molecule has 0 aliphatic heterocycles. The molecule has 0 aromatic rings. The van der Waals surface area contributed by atoms with E-state index in [2.05, 4.69) is 55.4 Å². The Kier molecular flexibility index (Phi) is 64.0. The van der Waals surface area contributed by atoms with Crippen LogP contribution in [0, 0.1) is 23.7 Å². The molecule has 0 saturated carbocycles. The van der Waals surface area contributed by atoms with Crippen molar-refractivity contribution in [1.29, 1.82) is 0 Å². The summed E-state index contributed by atoms with van der Waals surface area (Å²) in [5, 5.41) is 10.6. The van der Waals surface area contributed by atoms with Crippen molar-refractivity contribution in [3.63, 3.8) is 0 Å². The predicted molar refractivity (Wildman–Crippen MR) is 386 cm³/mol. The highest BCUT2D eigenvalue weighted by Gasteiger charge is 2.30. The van der Waals surface area contributed by atoms with E-state index in [1.165, 1.54) is 180 Å². The van der Waals surface area contributed by atoms with Gasteiger partial charge >= 0.3 is 39.5 Å². The summed E-state index contributed by atoms with van der Waals surface area (Å²) in [6.07, 6.45) is 50.2. The number of aliphatic hydroxyl groups excluding tert-OH is 1. The van der Waals surface area contributed by atoms with Crippen molar-refractivity contribution in [2.75, 3.05) is 39.6 Å². The van der Waals surface area contributed by atoms with Gasteiger partial charge in [0, 0.05) is 25.7 Å². The van der Waals surface area contributed by atoms with E-state index in [1.807, 2.05) is 0 Å². The van der Waals surface area contributed by atoms with Crippen LogP contribution in [-0.4, -0.2) is 96.7 Å². The molecule has 0 amide bonds. The van der Waals surface area contributed by atoms with Gasteiger partial charge in [0.05, 0.1) is 26.4 Å². The van der Waals surface area contributed by atoms with Crippen LogP contribution < -0.4 is 0 Å². The van der Waals surface area contributed by atoms with Gasteiger partial charge in [-0.15, -0.1) is 0 Å². The molecule has 0 spiro atoms. The molecule has 19 heteroatoms. The zero-order valence-electron chi connectivity index (χ0n) is 62.3. The fourth-order valence-electron chi connectivity index (χ4n) is 11.5. The van der Waals surface area contributed by atoms with Gasteiger partial charge in [-0.1, -0.05) is 331 Å². The maximum absolute atomic E-state index is 13.1. The quantitative estimate of drug-likeness (QED) is 0.0222. The van der Waals surface area contributed by atoms with Crippen LogP contribution in [0.15, 0.2) is 0 Å². The molecule has 564 valence electrons. The van der Waals surface area contributed by atoms with Crippen molar-refractivity contribution >= 4 is 39.5 Å². The van der Waals surface area contributed by atoms with Gasteiger partial charge in [-0.25, -0.2) is 9.13 Å². The van der Waals surface area contributed by atoms with Gasteiger partial charge in [-0.3, -0.25) is 37.3 Å². The van der Waals surface area contributed by atoms with Crippen molar-refractivity contribution in [2.45, 2.75) is 401 Å². The lowest BCUT2D eigenvalue weighted by molar-refractivity contribution is -0.161. The molecule has 0 aliphatic carbocycles. The molecule has 3 N–H and O–H groups in total. The standard InChI is InChI=1S/C76H148O17P2/c1-9-68(7)54-46-38-29-23-19-17-15-13-11-12-14-16-18-20-24-32-42-50-58-75(80)92-71(62-86-73(78)56-48-40-31-27-26-30-39-47-55-69(8)10-2)64-90-94(82,83)88-60-70(77)61-89-95(84,85)91-65-72(63-87-74(79)57-49-41-35-34-37-45-53-67(5)6)93-76(81)59-51-43-33-25-21-22-28-36-44-52-66(3)4/h66-72,77H,9-65H2,1-8H3,(H,82,83)(H,84,85)/t68?,69?,70-,71-,72-/m1/s1. The first-order valence-corrected chi connectivity index (χ1v) is 42.3. The molecule has 17 nitrogen and oxygen atoms in total. The fourth-order valence-corrected chi connectivity index (χ4v) is 13.1.